The average molecular weight is 492 g/mol. The first-order valence-electron chi connectivity index (χ1n) is 10.9. The van der Waals surface area contributed by atoms with Gasteiger partial charge in [0.1, 0.15) is 0 Å². The minimum absolute atomic E-state index is 0.00179. The summed E-state index contributed by atoms with van der Waals surface area (Å²) < 4.78 is 33.2. The summed E-state index contributed by atoms with van der Waals surface area (Å²) in [7, 11) is -2.78. The summed E-state index contributed by atoms with van der Waals surface area (Å²) in [5.74, 6) is -0.561. The molecule has 0 spiro atoms. The van der Waals surface area contributed by atoms with Gasteiger partial charge in [-0.25, -0.2) is 13.2 Å². The predicted molar refractivity (Wildman–Crippen MR) is 132 cm³/mol. The number of carbonyl (C=O) groups is 1. The van der Waals surface area contributed by atoms with Crippen LogP contribution in [0.1, 0.15) is 32.6 Å². The molecule has 0 radical (unpaired) electrons. The van der Waals surface area contributed by atoms with E-state index in [0.717, 1.165) is 16.5 Å². The largest absolute Gasteiger partial charge is 0.465 e. The number of pyridine rings is 2. The molecule has 0 aliphatic rings. The topological polar surface area (TPSA) is 109 Å². The standard InChI is InChI=1S/C26H25N3O5S/c1-17-11-18(2)23-13-21(25(30)28-24(23)12-17)16-29(15-19-5-4-10-27-14-19)35(32,33)22-8-6-20(7-9-22)26(31)34-3/h4-14H,15-16H2,1-3H3,(H,28,30). The molecule has 1 N–H and O–H groups in total. The molecule has 0 fully saturated rings. The van der Waals surface area contributed by atoms with E-state index in [1.165, 1.54) is 35.7 Å². The molecule has 0 atom stereocenters. The maximum Gasteiger partial charge on any atom is 0.337 e. The van der Waals surface area contributed by atoms with E-state index in [2.05, 4.69) is 14.7 Å². The van der Waals surface area contributed by atoms with Gasteiger partial charge >= 0.3 is 5.97 Å². The van der Waals surface area contributed by atoms with E-state index in [1.54, 1.807) is 30.6 Å². The first-order chi connectivity index (χ1) is 16.7. The second kappa shape index (κ2) is 9.81. The van der Waals surface area contributed by atoms with Gasteiger partial charge in [-0.15, -0.1) is 0 Å². The monoisotopic (exact) mass is 491 g/mol. The number of nitrogens with one attached hydrogen (secondary N) is 1. The van der Waals surface area contributed by atoms with Gasteiger partial charge in [-0.05, 0) is 73.0 Å². The van der Waals surface area contributed by atoms with E-state index in [1.807, 2.05) is 26.0 Å². The second-order valence-corrected chi connectivity index (χ2v) is 10.3. The molecular weight excluding hydrogens is 466 g/mol. The van der Waals surface area contributed by atoms with Gasteiger partial charge < -0.3 is 9.72 Å². The summed E-state index contributed by atoms with van der Waals surface area (Å²) in [6.45, 7) is 3.77. The fourth-order valence-corrected chi connectivity index (χ4v) is 5.38. The molecule has 0 saturated heterocycles. The maximum absolute atomic E-state index is 13.7. The summed E-state index contributed by atoms with van der Waals surface area (Å²) in [6, 6.07) is 14.6. The second-order valence-electron chi connectivity index (χ2n) is 8.32. The number of methoxy groups -OCH3 is 1. The third kappa shape index (κ3) is 5.16. The van der Waals surface area contributed by atoms with E-state index in [0.29, 0.717) is 16.6 Å². The van der Waals surface area contributed by atoms with E-state index in [4.69, 9.17) is 0 Å². The zero-order chi connectivity index (χ0) is 25.2. The number of hydrogen-bond acceptors (Lipinski definition) is 6. The average Bonchev–Trinajstić information content (AvgIpc) is 2.84. The number of nitrogens with zero attached hydrogens (tertiary/aromatic N) is 2. The van der Waals surface area contributed by atoms with Crippen molar-refractivity contribution in [3.05, 3.63) is 105 Å². The Morgan fingerprint density at radius 1 is 1.06 bits per heavy atom. The molecule has 0 aliphatic heterocycles. The highest BCUT2D eigenvalue weighted by atomic mass is 32.2. The Morgan fingerprint density at radius 3 is 2.46 bits per heavy atom. The van der Waals surface area contributed by atoms with Crippen molar-refractivity contribution in [2.45, 2.75) is 31.8 Å². The SMILES string of the molecule is COC(=O)c1ccc(S(=O)(=O)N(Cc2cccnc2)Cc2cc3c(C)cc(C)cc3[nH]c2=O)cc1. The minimum Gasteiger partial charge on any atom is -0.465 e. The number of aromatic nitrogens is 2. The number of carbonyl (C=O) groups excluding carboxylic acids is 1. The number of rotatable bonds is 7. The summed E-state index contributed by atoms with van der Waals surface area (Å²) in [4.78, 5) is 31.6. The number of fused-ring (bicyclic) bond motifs is 1. The molecule has 2 heterocycles. The molecule has 0 amide bonds. The molecule has 2 aromatic heterocycles. The Bertz CT molecular complexity index is 1550. The van der Waals surface area contributed by atoms with Gasteiger partial charge in [-0.3, -0.25) is 9.78 Å². The summed E-state index contributed by atoms with van der Waals surface area (Å²) in [6.07, 6.45) is 3.19. The lowest BCUT2D eigenvalue weighted by Gasteiger charge is -2.22. The van der Waals surface area contributed by atoms with Crippen LogP contribution in [0, 0.1) is 13.8 Å². The lowest BCUT2D eigenvalue weighted by atomic mass is 10.0. The Hall–Kier alpha value is -3.82. The van der Waals surface area contributed by atoms with Crippen LogP contribution >= 0.6 is 0 Å². The van der Waals surface area contributed by atoms with E-state index in [9.17, 15) is 18.0 Å². The summed E-state index contributed by atoms with van der Waals surface area (Å²) >= 11 is 0. The molecule has 0 unspecified atom stereocenters. The number of aryl methyl sites for hydroxylation is 2. The van der Waals surface area contributed by atoms with Crippen molar-refractivity contribution in [2.75, 3.05) is 7.11 Å². The number of sulfonamides is 1. The highest BCUT2D eigenvalue weighted by molar-refractivity contribution is 7.89. The highest BCUT2D eigenvalue weighted by Gasteiger charge is 2.26. The van der Waals surface area contributed by atoms with Crippen LogP contribution in [0.15, 0.2) is 76.7 Å². The predicted octanol–water partition coefficient (Wildman–Crippen LogP) is 3.72. The van der Waals surface area contributed by atoms with Crippen molar-refractivity contribution in [1.29, 1.82) is 0 Å². The molecule has 0 aliphatic carbocycles. The van der Waals surface area contributed by atoms with Gasteiger partial charge in [0.2, 0.25) is 10.0 Å². The van der Waals surface area contributed by atoms with E-state index >= 15 is 0 Å². The van der Waals surface area contributed by atoms with Crippen molar-refractivity contribution in [3.8, 4) is 0 Å². The molecule has 2 aromatic carbocycles. The molecule has 180 valence electrons. The number of ether oxygens (including phenoxy) is 1. The number of aromatic amines is 1. The van der Waals surface area contributed by atoms with Crippen molar-refractivity contribution in [1.82, 2.24) is 14.3 Å². The van der Waals surface area contributed by atoms with Crippen LogP contribution in [-0.2, 0) is 27.8 Å². The normalized spacial score (nSPS) is 11.7. The first-order valence-corrected chi connectivity index (χ1v) is 12.3. The van der Waals surface area contributed by atoms with E-state index < -0.39 is 16.0 Å². The zero-order valence-corrected chi connectivity index (χ0v) is 20.4. The fourth-order valence-electron chi connectivity index (χ4n) is 3.97. The molecule has 9 heteroatoms. The van der Waals surface area contributed by atoms with Gasteiger partial charge in [0.05, 0.1) is 17.6 Å². The zero-order valence-electron chi connectivity index (χ0n) is 19.6. The van der Waals surface area contributed by atoms with E-state index in [-0.39, 0.29) is 29.1 Å². The van der Waals surface area contributed by atoms with Crippen LogP contribution in [0.25, 0.3) is 10.9 Å². The molecule has 35 heavy (non-hydrogen) atoms. The molecule has 4 rings (SSSR count). The van der Waals surface area contributed by atoms with Crippen LogP contribution < -0.4 is 5.56 Å². The number of H-pyrrole nitrogens is 1. The van der Waals surface area contributed by atoms with Crippen molar-refractivity contribution in [2.24, 2.45) is 0 Å². The van der Waals surface area contributed by atoms with Gasteiger partial charge in [0.25, 0.3) is 5.56 Å². The van der Waals surface area contributed by atoms with Gasteiger partial charge in [-0.1, -0.05) is 12.1 Å². The number of benzene rings is 2. The maximum atomic E-state index is 13.7. The van der Waals surface area contributed by atoms with Crippen LogP contribution in [-0.4, -0.2) is 35.8 Å². The van der Waals surface area contributed by atoms with Crippen molar-refractivity contribution >= 4 is 26.9 Å². The molecule has 0 saturated carbocycles. The van der Waals surface area contributed by atoms with Crippen molar-refractivity contribution < 1.29 is 17.9 Å². The first kappa shape index (κ1) is 24.3. The molecule has 8 nitrogen and oxygen atoms in total. The summed E-state index contributed by atoms with van der Waals surface area (Å²) in [5, 5.41) is 0.853. The Morgan fingerprint density at radius 2 is 1.80 bits per heavy atom. The van der Waals surface area contributed by atoms with Crippen LogP contribution in [0.2, 0.25) is 0 Å². The van der Waals surface area contributed by atoms with Crippen LogP contribution in [0.5, 0.6) is 0 Å². The van der Waals surface area contributed by atoms with Gasteiger partial charge in [-0.2, -0.15) is 4.31 Å². The van der Waals surface area contributed by atoms with Crippen molar-refractivity contribution in [3.63, 3.8) is 0 Å². The third-order valence-corrected chi connectivity index (χ3v) is 7.54. The Labute approximate surface area is 203 Å². The number of esters is 1. The lowest BCUT2D eigenvalue weighted by Crippen LogP contribution is -2.32. The smallest absolute Gasteiger partial charge is 0.337 e. The molecular formula is C26H25N3O5S. The third-order valence-electron chi connectivity index (χ3n) is 5.73. The van der Waals surface area contributed by atoms with Gasteiger partial charge in [0, 0.05) is 41.9 Å². The lowest BCUT2D eigenvalue weighted by molar-refractivity contribution is 0.0600. The quantitative estimate of drug-likeness (QED) is 0.395. The van der Waals surface area contributed by atoms with Crippen LogP contribution in [0.4, 0.5) is 0 Å². The fraction of sp³-hybridized carbons (Fsp3) is 0.192. The van der Waals surface area contributed by atoms with Crippen LogP contribution in [0.3, 0.4) is 0 Å². The molecule has 4 aromatic rings. The summed E-state index contributed by atoms with van der Waals surface area (Å²) in [5.41, 5.74) is 3.59. The molecule has 0 bridgehead atoms. The Balaban J connectivity index is 1.77. The minimum atomic E-state index is -4.03. The number of hydrogen-bond donors (Lipinski definition) is 1. The highest BCUT2D eigenvalue weighted by Crippen LogP contribution is 2.23. The van der Waals surface area contributed by atoms with Gasteiger partial charge in [0.15, 0.2) is 0 Å². The Kier molecular flexibility index (Phi) is 6.81.